The van der Waals surface area contributed by atoms with Crippen molar-refractivity contribution in [3.63, 3.8) is 0 Å². The third kappa shape index (κ3) is 7.84. The molecule has 0 fully saturated rings. The monoisotopic (exact) mass is 633 g/mol. The number of hydrogen-bond donors (Lipinski definition) is 4. The predicted molar refractivity (Wildman–Crippen MR) is 167 cm³/mol. The van der Waals surface area contributed by atoms with Crippen molar-refractivity contribution >= 4 is 47.0 Å². The summed E-state index contributed by atoms with van der Waals surface area (Å²) in [6.07, 6.45) is 8.05. The highest BCUT2D eigenvalue weighted by atomic mass is 35.5. The number of hydrogen-bond acceptors (Lipinski definition) is 10. The van der Waals surface area contributed by atoms with E-state index in [0.717, 1.165) is 0 Å². The smallest absolute Gasteiger partial charge is 0.411 e. The molecule has 1 aliphatic rings. The summed E-state index contributed by atoms with van der Waals surface area (Å²) in [5, 5.41) is 20.8. The maximum absolute atomic E-state index is 13.2. The highest BCUT2D eigenvalue weighted by molar-refractivity contribution is 6.30. The number of nitrogens with one attached hydrogen (secondary N) is 4. The second-order valence-electron chi connectivity index (χ2n) is 10.1. The lowest BCUT2D eigenvalue weighted by Gasteiger charge is -2.22. The van der Waals surface area contributed by atoms with Gasteiger partial charge in [0.25, 0.3) is 0 Å². The quantitative estimate of drug-likeness (QED) is 0.165. The number of H-pyrrole nitrogens is 1. The first-order valence-electron chi connectivity index (χ1n) is 14.3. The summed E-state index contributed by atoms with van der Waals surface area (Å²) in [7, 11) is 1.28. The van der Waals surface area contributed by atoms with Gasteiger partial charge in [0, 0.05) is 39.8 Å². The topological polar surface area (TPSA) is 178 Å². The number of tetrazole rings is 1. The number of carbonyl (C=O) groups excluding carboxylic acids is 3. The largest absolute Gasteiger partial charge is 0.464 e. The Labute approximate surface area is 263 Å². The summed E-state index contributed by atoms with van der Waals surface area (Å²) in [6.45, 7) is 2.00. The van der Waals surface area contributed by atoms with Gasteiger partial charge in [0.2, 0.25) is 5.91 Å². The van der Waals surface area contributed by atoms with Crippen LogP contribution in [0.5, 0.6) is 0 Å². The molecule has 4 aromatic rings. The molecule has 2 amide bonds. The highest BCUT2D eigenvalue weighted by Crippen LogP contribution is 2.33. The Bertz CT molecular complexity index is 1690. The molecule has 0 aliphatic carbocycles. The zero-order valence-corrected chi connectivity index (χ0v) is 25.4. The summed E-state index contributed by atoms with van der Waals surface area (Å²) < 4.78 is 11.5. The van der Waals surface area contributed by atoms with Crippen molar-refractivity contribution in [1.82, 2.24) is 35.5 Å². The van der Waals surface area contributed by atoms with Crippen molar-refractivity contribution in [3.05, 3.63) is 71.4 Å². The van der Waals surface area contributed by atoms with E-state index >= 15 is 0 Å². The molecule has 0 saturated carbocycles. The summed E-state index contributed by atoms with van der Waals surface area (Å²) in [5.74, 6) is -0.140. The van der Waals surface area contributed by atoms with E-state index in [1.807, 2.05) is 0 Å². The molecule has 0 saturated heterocycles. The normalized spacial score (nSPS) is 16.4. The van der Waals surface area contributed by atoms with Gasteiger partial charge < -0.3 is 25.1 Å². The number of nitrogens with zero attached hydrogens (tertiary/aromatic N) is 5. The molecule has 0 unspecified atom stereocenters. The van der Waals surface area contributed by atoms with E-state index < -0.39 is 18.2 Å². The molecule has 0 radical (unpaired) electrons. The number of esters is 1. The number of carbonyl (C=O) groups is 3. The van der Waals surface area contributed by atoms with Crippen LogP contribution in [-0.4, -0.2) is 67.9 Å². The fraction of sp³-hybridized carbons (Fsp3) is 0.300. The third-order valence-corrected chi connectivity index (χ3v) is 7.34. The van der Waals surface area contributed by atoms with E-state index in [1.165, 1.54) is 24.2 Å². The molecule has 14 nitrogen and oxygen atoms in total. The summed E-state index contributed by atoms with van der Waals surface area (Å²) in [4.78, 5) is 45.9. The number of anilines is 2. The Balaban J connectivity index is 1.41. The fourth-order valence-corrected chi connectivity index (χ4v) is 5.15. The van der Waals surface area contributed by atoms with E-state index in [1.54, 1.807) is 55.6 Å². The molecule has 5 rings (SSSR count). The number of imidazole rings is 1. The lowest BCUT2D eigenvalue weighted by molar-refractivity contribution is -0.144. The molecule has 3 heterocycles. The molecule has 15 heteroatoms. The van der Waals surface area contributed by atoms with E-state index in [-0.39, 0.29) is 18.5 Å². The Hall–Kier alpha value is -5.24. The van der Waals surface area contributed by atoms with Crippen molar-refractivity contribution in [2.45, 2.75) is 44.7 Å². The molecule has 2 aromatic carbocycles. The third-order valence-electron chi connectivity index (χ3n) is 7.11. The minimum absolute atomic E-state index is 0.241. The van der Waals surface area contributed by atoms with E-state index in [9.17, 15) is 14.4 Å². The van der Waals surface area contributed by atoms with Gasteiger partial charge in [-0.1, -0.05) is 24.4 Å². The van der Waals surface area contributed by atoms with Crippen LogP contribution in [0.2, 0.25) is 5.02 Å². The number of fused-ring (bicyclic) bond motifs is 4. The minimum Gasteiger partial charge on any atom is -0.464 e. The molecule has 4 N–H and O–H groups in total. The van der Waals surface area contributed by atoms with Gasteiger partial charge in [0.05, 0.1) is 31.1 Å². The SMILES string of the molecule is CCOC(=O)[C@H]1CCCC[C@H](NC(=O)/C=C/c2cc(Cl)ccc2-n2cnnn2)c2nc(c[nH]2)-c2ccc(NC(=O)OC)cc2N1. The van der Waals surface area contributed by atoms with Crippen molar-refractivity contribution < 1.29 is 23.9 Å². The summed E-state index contributed by atoms with van der Waals surface area (Å²) >= 11 is 6.22. The first-order chi connectivity index (χ1) is 21.8. The van der Waals surface area contributed by atoms with Gasteiger partial charge in [-0.3, -0.25) is 10.1 Å². The summed E-state index contributed by atoms with van der Waals surface area (Å²) in [5.41, 5.74) is 3.62. The van der Waals surface area contributed by atoms with Crippen LogP contribution in [0.3, 0.4) is 0 Å². The standard InChI is InChI=1S/C30H32ClN9O5/c1-3-45-29(42)23-7-5-4-6-22(36-27(41)13-8-18-14-19(31)9-12-26(18)40-17-33-38-39-40)28-32-16-25(37-28)21-11-10-20(15-24(21)35-23)34-30(43)44-2/h8-17,22-23,35H,3-7H2,1-2H3,(H,32,37)(H,34,43)(H,36,41)/b13-8+/t22-,23+/m0/s1. The number of amides is 2. The molecule has 234 valence electrons. The first kappa shape index (κ1) is 31.2. The van der Waals surface area contributed by atoms with Crippen molar-refractivity contribution in [1.29, 1.82) is 0 Å². The maximum atomic E-state index is 13.2. The van der Waals surface area contributed by atoms with Gasteiger partial charge in [0.15, 0.2) is 0 Å². The van der Waals surface area contributed by atoms with Crippen LogP contribution >= 0.6 is 11.6 Å². The minimum atomic E-state index is -0.641. The molecule has 1 aliphatic heterocycles. The number of benzene rings is 2. The van der Waals surface area contributed by atoms with E-state index in [2.05, 4.69) is 36.5 Å². The molecular formula is C30H32ClN9O5. The number of methoxy groups -OCH3 is 1. The van der Waals surface area contributed by atoms with Gasteiger partial charge in [0.1, 0.15) is 18.2 Å². The molecule has 2 aromatic heterocycles. The van der Waals surface area contributed by atoms with Gasteiger partial charge in [-0.15, -0.1) is 5.10 Å². The van der Waals surface area contributed by atoms with Crippen LogP contribution in [0, 0.1) is 0 Å². The van der Waals surface area contributed by atoms with Crippen molar-refractivity contribution in [3.8, 4) is 16.9 Å². The Morgan fingerprint density at radius 1 is 1.16 bits per heavy atom. The fourth-order valence-electron chi connectivity index (χ4n) is 4.96. The van der Waals surface area contributed by atoms with Crippen molar-refractivity contribution in [2.75, 3.05) is 24.4 Å². The second-order valence-corrected chi connectivity index (χ2v) is 10.6. The Morgan fingerprint density at radius 2 is 2.00 bits per heavy atom. The second kappa shape index (κ2) is 14.5. The Kier molecular flexibility index (Phi) is 10.0. The maximum Gasteiger partial charge on any atom is 0.411 e. The number of aromatic nitrogens is 6. The lowest BCUT2D eigenvalue weighted by Crippen LogP contribution is -2.32. The van der Waals surface area contributed by atoms with Gasteiger partial charge in [-0.2, -0.15) is 4.68 Å². The van der Waals surface area contributed by atoms with Crippen LogP contribution in [0.1, 0.15) is 50.0 Å². The summed E-state index contributed by atoms with van der Waals surface area (Å²) in [6, 6.07) is 9.32. The van der Waals surface area contributed by atoms with Crippen LogP contribution in [-0.2, 0) is 19.1 Å². The van der Waals surface area contributed by atoms with Crippen LogP contribution in [0.15, 0.2) is 55.0 Å². The van der Waals surface area contributed by atoms with E-state index in [0.29, 0.717) is 70.4 Å². The van der Waals surface area contributed by atoms with Gasteiger partial charge >= 0.3 is 12.1 Å². The van der Waals surface area contributed by atoms with E-state index in [4.69, 9.17) is 26.1 Å². The molecule has 45 heavy (non-hydrogen) atoms. The molecule has 2 bridgehead atoms. The highest BCUT2D eigenvalue weighted by Gasteiger charge is 2.25. The number of aromatic amines is 1. The first-order valence-corrected chi connectivity index (χ1v) is 14.7. The van der Waals surface area contributed by atoms with Crippen LogP contribution < -0.4 is 16.0 Å². The van der Waals surface area contributed by atoms with Crippen LogP contribution in [0.4, 0.5) is 16.2 Å². The zero-order chi connectivity index (χ0) is 31.8. The van der Waals surface area contributed by atoms with Crippen LogP contribution in [0.25, 0.3) is 23.0 Å². The number of rotatable bonds is 7. The number of halogens is 1. The predicted octanol–water partition coefficient (Wildman–Crippen LogP) is 4.67. The number of ether oxygens (including phenoxy) is 2. The molecular weight excluding hydrogens is 602 g/mol. The molecule has 0 spiro atoms. The van der Waals surface area contributed by atoms with Gasteiger partial charge in [-0.25, -0.2) is 14.6 Å². The average molecular weight is 634 g/mol. The zero-order valence-electron chi connectivity index (χ0n) is 24.6. The lowest BCUT2D eigenvalue weighted by atomic mass is 10.0. The van der Waals surface area contributed by atoms with Gasteiger partial charge in [-0.05, 0) is 72.7 Å². The Morgan fingerprint density at radius 3 is 2.78 bits per heavy atom. The average Bonchev–Trinajstić information content (AvgIpc) is 3.74. The molecule has 2 atom stereocenters. The van der Waals surface area contributed by atoms with Crippen molar-refractivity contribution in [2.24, 2.45) is 0 Å².